The van der Waals surface area contributed by atoms with Gasteiger partial charge in [-0.15, -0.1) is 0 Å². The van der Waals surface area contributed by atoms with E-state index >= 15 is 0 Å². The highest BCUT2D eigenvalue weighted by atomic mass is 14.9. The van der Waals surface area contributed by atoms with E-state index in [1.165, 1.54) is 198 Å². The maximum atomic E-state index is 7.42. The predicted octanol–water partition coefficient (Wildman–Crippen LogP) is 20.9. The molecular formula is C88H107N5+4. The molecule has 0 N–H and O–H groups in total. The lowest BCUT2D eigenvalue weighted by molar-refractivity contribution is -0.661. The fourth-order valence-corrected chi connectivity index (χ4v) is 15.2. The molecule has 5 aromatic carbocycles. The van der Waals surface area contributed by atoms with E-state index in [2.05, 4.69) is 251 Å². The first-order valence-electron chi connectivity index (χ1n) is 36.5. The van der Waals surface area contributed by atoms with Crippen LogP contribution in [-0.2, 0) is 28.2 Å². The van der Waals surface area contributed by atoms with Crippen LogP contribution in [0.2, 0.25) is 0 Å². The second-order valence-corrected chi connectivity index (χ2v) is 27.6. The van der Waals surface area contributed by atoms with E-state index in [9.17, 15) is 0 Å². The van der Waals surface area contributed by atoms with Gasteiger partial charge in [-0.25, -0.2) is 18.3 Å². The molecule has 4 aliphatic rings. The summed E-state index contributed by atoms with van der Waals surface area (Å²) >= 11 is 0. The number of rotatable bonds is 9. The van der Waals surface area contributed by atoms with E-state index in [0.29, 0.717) is 5.56 Å². The average molecular weight is 1240 g/mol. The SMILES string of the molecule is Cc1ccccc1-c1cc(C)c(C2CCCC2)c[n+]1C.Cc1ccccc1-c1cc(C2CCCC2)c(C)c[n+]1C.Cc1ccccc1-c1cc(C2CCCC2)cc[n+]1C.Cc1ccccc1-c1ccc(C2CCCC2)c[n+]1C.[2H]C([2H])([2H])c1cnc(-c2ccccc2C)cc1C. The van der Waals surface area contributed by atoms with Crippen LogP contribution in [0.5, 0.6) is 0 Å². The Kier molecular flexibility index (Phi) is 22.0. The molecule has 4 fully saturated rings. The molecule has 0 unspecified atom stereocenters. The molecule has 4 aliphatic carbocycles. The summed E-state index contributed by atoms with van der Waals surface area (Å²) in [5.74, 6) is 3.13. The number of hydrogen-bond acceptors (Lipinski definition) is 1. The van der Waals surface area contributed by atoms with Gasteiger partial charge in [-0.05, 0) is 229 Å². The van der Waals surface area contributed by atoms with Crippen molar-refractivity contribution >= 4 is 0 Å². The Balaban J connectivity index is 0.000000131. The summed E-state index contributed by atoms with van der Waals surface area (Å²) in [6.07, 6.45) is 32.8. The molecule has 480 valence electrons. The summed E-state index contributed by atoms with van der Waals surface area (Å²) < 4.78 is 31.4. The third kappa shape index (κ3) is 17.0. The Hall–Kier alpha value is -8.15. The fraction of sp³-hybridized carbons (Fsp3) is 0.375. The minimum atomic E-state index is -2.10. The van der Waals surface area contributed by atoms with Gasteiger partial charge in [0.05, 0.1) is 5.69 Å². The third-order valence-electron chi connectivity index (χ3n) is 20.8. The molecule has 0 atom stereocenters. The zero-order valence-electron chi connectivity index (χ0n) is 61.3. The molecule has 5 aromatic heterocycles. The highest BCUT2D eigenvalue weighted by Gasteiger charge is 2.27. The molecule has 0 amide bonds. The molecule has 4 saturated carbocycles. The molecule has 0 aliphatic heterocycles. The second kappa shape index (κ2) is 32.1. The molecule has 10 aromatic rings. The molecule has 0 radical (unpaired) electrons. The van der Waals surface area contributed by atoms with Crippen LogP contribution in [0.25, 0.3) is 56.3 Å². The average Bonchev–Trinajstić information content (AvgIpc) is 1.14. The van der Waals surface area contributed by atoms with Crippen molar-refractivity contribution in [3.8, 4) is 56.3 Å². The lowest BCUT2D eigenvalue weighted by Crippen LogP contribution is -2.32. The topological polar surface area (TPSA) is 28.4 Å². The quantitative estimate of drug-likeness (QED) is 0.132. The van der Waals surface area contributed by atoms with Gasteiger partial charge in [-0.2, -0.15) is 0 Å². The van der Waals surface area contributed by atoms with Crippen LogP contribution in [0, 0.1) is 62.2 Å². The van der Waals surface area contributed by atoms with Gasteiger partial charge in [0.1, 0.15) is 28.2 Å². The van der Waals surface area contributed by atoms with Gasteiger partial charge < -0.3 is 0 Å². The molecule has 0 bridgehead atoms. The molecule has 0 saturated heterocycles. The first-order chi connectivity index (χ1) is 46.2. The zero-order chi connectivity index (χ0) is 68.0. The van der Waals surface area contributed by atoms with Gasteiger partial charge in [0.2, 0.25) is 22.8 Å². The number of hydrogen-bond donors (Lipinski definition) is 0. The Labute approximate surface area is 564 Å². The van der Waals surface area contributed by atoms with E-state index in [4.69, 9.17) is 4.11 Å². The summed E-state index contributed by atoms with van der Waals surface area (Å²) in [5.41, 5.74) is 29.2. The van der Waals surface area contributed by atoms with Crippen LogP contribution >= 0.6 is 0 Å². The highest BCUT2D eigenvalue weighted by molar-refractivity contribution is 5.66. The Morgan fingerprint density at radius 2 is 0.710 bits per heavy atom. The van der Waals surface area contributed by atoms with Gasteiger partial charge >= 0.3 is 0 Å². The smallest absolute Gasteiger partial charge is 0.212 e. The molecule has 5 heterocycles. The van der Waals surface area contributed by atoms with Gasteiger partial charge in [0.25, 0.3) is 0 Å². The standard InChI is InChI=1S/2C19H24N.2C18H22N.C14H15N/c1-14-8-4-7-11-17(14)19-12-18(15(2)13-20(19)3)16-9-5-6-10-16;1-14-8-4-7-11-17(14)19-12-15(2)18(13-20(19)3)16-9-5-6-10-16;1-14-7-3-6-10-17(14)18-13-16(11-12-19(18)2)15-8-4-5-9-15;1-14-7-3-6-10-17(14)18-12-11-16(13-19(18)2)15-8-4-5-9-15;1-10-6-4-5-7-13(10)14-8-11(2)12(3)9-15-14/h2*4,7-8,11-13,16H,5-6,9-10H2,1-3H3;2*3,6-7,10-13,15H,4-5,8-9H2,1-2H3;4-9H,1-3H3/q4*+1;/i;;;;3D3. The van der Waals surface area contributed by atoms with Crippen molar-refractivity contribution in [1.82, 2.24) is 4.98 Å². The molecule has 5 nitrogen and oxygen atoms in total. The minimum absolute atomic E-state index is 0.319. The van der Waals surface area contributed by atoms with E-state index in [1.54, 1.807) is 11.1 Å². The van der Waals surface area contributed by atoms with Crippen LogP contribution in [-0.4, -0.2) is 4.98 Å². The summed E-state index contributed by atoms with van der Waals surface area (Å²) in [6.45, 7) is 15.0. The van der Waals surface area contributed by atoms with E-state index in [-0.39, 0.29) is 0 Å². The largest absolute Gasteiger partial charge is 0.256 e. The van der Waals surface area contributed by atoms with Crippen LogP contribution in [0.4, 0.5) is 0 Å². The predicted molar refractivity (Wildman–Crippen MR) is 389 cm³/mol. The van der Waals surface area contributed by atoms with Crippen molar-refractivity contribution in [1.29, 1.82) is 0 Å². The Morgan fingerprint density at radius 3 is 1.17 bits per heavy atom. The first kappa shape index (κ1) is 63.6. The zero-order valence-corrected chi connectivity index (χ0v) is 58.3. The number of benzene rings is 5. The van der Waals surface area contributed by atoms with Gasteiger partial charge in [0.15, 0.2) is 24.8 Å². The maximum Gasteiger partial charge on any atom is 0.212 e. The number of aryl methyl sites for hydroxylation is 13. The molecule has 14 rings (SSSR count). The Bertz CT molecular complexity index is 4250. The first-order valence-corrected chi connectivity index (χ1v) is 35.0. The van der Waals surface area contributed by atoms with Gasteiger partial charge in [-0.1, -0.05) is 148 Å². The minimum Gasteiger partial charge on any atom is -0.256 e. The summed E-state index contributed by atoms with van der Waals surface area (Å²) in [4.78, 5) is 4.28. The van der Waals surface area contributed by atoms with Crippen LogP contribution in [0.1, 0.15) is 203 Å². The lowest BCUT2D eigenvalue weighted by atomic mass is 9.92. The van der Waals surface area contributed by atoms with Gasteiger partial charge in [0, 0.05) is 85.1 Å². The molecule has 5 heteroatoms. The van der Waals surface area contributed by atoms with Crippen LogP contribution < -0.4 is 18.3 Å². The van der Waals surface area contributed by atoms with Crippen molar-refractivity contribution in [3.05, 3.63) is 267 Å². The van der Waals surface area contributed by atoms with Crippen LogP contribution in [0.3, 0.4) is 0 Å². The van der Waals surface area contributed by atoms with E-state index < -0.39 is 6.85 Å². The van der Waals surface area contributed by atoms with Crippen molar-refractivity contribution < 1.29 is 22.4 Å². The maximum absolute atomic E-state index is 7.42. The lowest BCUT2D eigenvalue weighted by Gasteiger charge is -2.14. The number of aromatic nitrogens is 5. The molecule has 0 spiro atoms. The van der Waals surface area contributed by atoms with Crippen molar-refractivity contribution in [2.24, 2.45) is 28.2 Å². The highest BCUT2D eigenvalue weighted by Crippen LogP contribution is 2.40. The summed E-state index contributed by atoms with van der Waals surface area (Å²) in [6, 6.07) is 58.5. The molecular weight excluding hydrogens is 1130 g/mol. The van der Waals surface area contributed by atoms with Crippen molar-refractivity contribution in [2.45, 2.75) is 189 Å². The van der Waals surface area contributed by atoms with Crippen LogP contribution in [0.15, 0.2) is 195 Å². The number of nitrogens with zero attached hydrogens (tertiary/aromatic N) is 5. The van der Waals surface area contributed by atoms with Crippen molar-refractivity contribution in [2.75, 3.05) is 0 Å². The number of pyridine rings is 5. The monoisotopic (exact) mass is 1240 g/mol. The normalized spacial score (nSPS) is 15.5. The summed E-state index contributed by atoms with van der Waals surface area (Å²) in [7, 11) is 8.65. The van der Waals surface area contributed by atoms with E-state index in [0.717, 1.165) is 46.1 Å². The third-order valence-corrected chi connectivity index (χ3v) is 20.8. The van der Waals surface area contributed by atoms with Gasteiger partial charge in [-0.3, -0.25) is 4.98 Å². The Morgan fingerprint density at radius 1 is 0.312 bits per heavy atom. The molecule has 93 heavy (non-hydrogen) atoms. The second-order valence-electron chi connectivity index (χ2n) is 27.6. The summed E-state index contributed by atoms with van der Waals surface area (Å²) in [5, 5.41) is 0. The van der Waals surface area contributed by atoms with E-state index in [1.807, 2.05) is 44.2 Å². The van der Waals surface area contributed by atoms with Crippen molar-refractivity contribution in [3.63, 3.8) is 0 Å². The fourth-order valence-electron chi connectivity index (χ4n) is 15.2.